The molecule has 1 aromatic heterocycles. The van der Waals surface area contributed by atoms with Gasteiger partial charge in [0.15, 0.2) is 5.96 Å². The number of carbonyl (C=O) groups excluding carboxylic acids is 1. The number of nitrogens with zero attached hydrogens (tertiary/aromatic N) is 1. The second-order valence-corrected chi connectivity index (χ2v) is 6.99. The first-order chi connectivity index (χ1) is 12.4. The summed E-state index contributed by atoms with van der Waals surface area (Å²) >= 11 is 0. The van der Waals surface area contributed by atoms with Crippen LogP contribution in [0.5, 0.6) is 0 Å². The molecule has 6 heteroatoms. The average Bonchev–Trinajstić information content (AvgIpc) is 3.04. The van der Waals surface area contributed by atoms with Crippen LogP contribution in [0, 0.1) is 5.41 Å². The fourth-order valence-electron chi connectivity index (χ4n) is 2.56. The van der Waals surface area contributed by atoms with E-state index in [4.69, 9.17) is 4.42 Å². The number of guanidine groups is 1. The van der Waals surface area contributed by atoms with Crippen molar-refractivity contribution in [2.75, 3.05) is 19.6 Å². The number of nitrogens with one attached hydrogen (secondary N) is 3. The van der Waals surface area contributed by atoms with Crippen molar-refractivity contribution in [2.45, 2.75) is 40.7 Å². The van der Waals surface area contributed by atoms with Gasteiger partial charge in [-0.3, -0.25) is 9.79 Å². The second-order valence-electron chi connectivity index (χ2n) is 6.99. The van der Waals surface area contributed by atoms with Gasteiger partial charge in [0.05, 0.1) is 18.0 Å². The van der Waals surface area contributed by atoms with Crippen LogP contribution in [0.15, 0.2) is 39.7 Å². The molecular weight excluding hydrogens is 328 g/mol. The molecule has 0 bridgehead atoms. The van der Waals surface area contributed by atoms with E-state index in [1.165, 1.54) is 0 Å². The first-order valence-corrected chi connectivity index (χ1v) is 9.19. The predicted molar refractivity (Wildman–Crippen MR) is 106 cm³/mol. The molecule has 0 radical (unpaired) electrons. The van der Waals surface area contributed by atoms with Crippen LogP contribution in [-0.4, -0.2) is 31.5 Å². The van der Waals surface area contributed by atoms with Gasteiger partial charge in [-0.1, -0.05) is 18.2 Å². The molecule has 6 nitrogen and oxygen atoms in total. The molecule has 1 heterocycles. The van der Waals surface area contributed by atoms with Gasteiger partial charge in [-0.25, -0.2) is 0 Å². The standard InChI is InChI=1S/C20H30N4O2/c1-6-21-18(25)20(4,5)13-23-19(22-7-2)24-14(3)17-12-15-10-8-9-11-16(15)26-17/h8-12,14H,6-7,13H2,1-5H3,(H,21,25)(H2,22,23,24). The zero-order valence-electron chi connectivity index (χ0n) is 16.3. The Morgan fingerprint density at radius 2 is 1.88 bits per heavy atom. The van der Waals surface area contributed by atoms with E-state index in [9.17, 15) is 4.79 Å². The van der Waals surface area contributed by atoms with Crippen molar-refractivity contribution < 1.29 is 9.21 Å². The molecule has 0 aliphatic carbocycles. The van der Waals surface area contributed by atoms with Crippen molar-refractivity contribution in [3.63, 3.8) is 0 Å². The topological polar surface area (TPSA) is 78.7 Å². The highest BCUT2D eigenvalue weighted by atomic mass is 16.3. The Morgan fingerprint density at radius 1 is 1.19 bits per heavy atom. The smallest absolute Gasteiger partial charge is 0.227 e. The lowest BCUT2D eigenvalue weighted by Gasteiger charge is -2.22. The third-order valence-corrected chi connectivity index (χ3v) is 4.15. The number of hydrogen-bond donors (Lipinski definition) is 3. The van der Waals surface area contributed by atoms with Gasteiger partial charge in [-0.05, 0) is 46.8 Å². The summed E-state index contributed by atoms with van der Waals surface area (Å²) in [5.74, 6) is 1.52. The number of fused-ring (bicyclic) bond motifs is 1. The average molecular weight is 358 g/mol. The van der Waals surface area contributed by atoms with Crippen LogP contribution >= 0.6 is 0 Å². The predicted octanol–water partition coefficient (Wildman–Crippen LogP) is 3.21. The Labute approximate surface area is 155 Å². The summed E-state index contributed by atoms with van der Waals surface area (Å²) in [4.78, 5) is 16.7. The van der Waals surface area contributed by atoms with Crippen LogP contribution < -0.4 is 16.0 Å². The Bertz CT molecular complexity index is 731. The number of hydrogen-bond acceptors (Lipinski definition) is 3. The van der Waals surface area contributed by atoms with E-state index in [1.807, 2.05) is 65.0 Å². The maximum absolute atomic E-state index is 12.1. The lowest BCUT2D eigenvalue weighted by Crippen LogP contribution is -2.42. The van der Waals surface area contributed by atoms with Crippen molar-refractivity contribution in [1.82, 2.24) is 16.0 Å². The van der Waals surface area contributed by atoms with Crippen molar-refractivity contribution in [1.29, 1.82) is 0 Å². The maximum atomic E-state index is 12.1. The second kappa shape index (κ2) is 8.74. The van der Waals surface area contributed by atoms with Crippen LogP contribution in [0.3, 0.4) is 0 Å². The number of aliphatic imine (C=N–C) groups is 1. The van der Waals surface area contributed by atoms with Gasteiger partial charge in [-0.15, -0.1) is 0 Å². The first-order valence-electron chi connectivity index (χ1n) is 9.19. The normalized spacial score (nSPS) is 13.5. The molecule has 142 valence electrons. The lowest BCUT2D eigenvalue weighted by atomic mass is 9.92. The zero-order valence-corrected chi connectivity index (χ0v) is 16.3. The molecule has 1 atom stereocenters. The highest BCUT2D eigenvalue weighted by Gasteiger charge is 2.27. The van der Waals surface area contributed by atoms with E-state index in [0.29, 0.717) is 19.0 Å². The molecule has 1 amide bonds. The lowest BCUT2D eigenvalue weighted by molar-refractivity contribution is -0.128. The number of amides is 1. The molecule has 0 saturated carbocycles. The number of rotatable bonds is 7. The molecule has 0 saturated heterocycles. The van der Waals surface area contributed by atoms with E-state index >= 15 is 0 Å². The van der Waals surface area contributed by atoms with Gasteiger partial charge in [0.2, 0.25) is 5.91 Å². The summed E-state index contributed by atoms with van der Waals surface area (Å²) < 4.78 is 5.92. The number of furan rings is 1. The fraction of sp³-hybridized carbons (Fsp3) is 0.500. The molecule has 3 N–H and O–H groups in total. The molecule has 2 aromatic rings. The van der Waals surface area contributed by atoms with Crippen molar-refractivity contribution in [3.8, 4) is 0 Å². The quantitative estimate of drug-likeness (QED) is 0.524. The van der Waals surface area contributed by atoms with Crippen LogP contribution in [0.1, 0.15) is 46.4 Å². The molecule has 1 unspecified atom stereocenters. The van der Waals surface area contributed by atoms with Crippen molar-refractivity contribution in [3.05, 3.63) is 36.1 Å². The number of para-hydroxylation sites is 1. The largest absolute Gasteiger partial charge is 0.459 e. The van der Waals surface area contributed by atoms with Gasteiger partial charge in [0.1, 0.15) is 11.3 Å². The van der Waals surface area contributed by atoms with Gasteiger partial charge >= 0.3 is 0 Å². The SMILES string of the molecule is CCNC(=O)C(C)(C)CN=C(NCC)NC(C)c1cc2ccccc2o1. The van der Waals surface area contributed by atoms with Gasteiger partial charge in [0, 0.05) is 18.5 Å². The van der Waals surface area contributed by atoms with Crippen LogP contribution in [-0.2, 0) is 4.79 Å². The highest BCUT2D eigenvalue weighted by molar-refractivity contribution is 5.84. The van der Waals surface area contributed by atoms with Crippen molar-refractivity contribution in [2.24, 2.45) is 10.4 Å². The summed E-state index contributed by atoms with van der Waals surface area (Å²) in [6.07, 6.45) is 0. The third kappa shape index (κ3) is 5.00. The minimum Gasteiger partial charge on any atom is -0.459 e. The molecule has 0 aliphatic heterocycles. The Hall–Kier alpha value is -2.50. The van der Waals surface area contributed by atoms with E-state index in [0.717, 1.165) is 23.3 Å². The van der Waals surface area contributed by atoms with Crippen LogP contribution in [0.2, 0.25) is 0 Å². The van der Waals surface area contributed by atoms with Crippen LogP contribution in [0.25, 0.3) is 11.0 Å². The molecule has 0 aliphatic rings. The fourth-order valence-corrected chi connectivity index (χ4v) is 2.56. The number of carbonyl (C=O) groups is 1. The molecular formula is C20H30N4O2. The zero-order chi connectivity index (χ0) is 19.2. The third-order valence-electron chi connectivity index (χ3n) is 4.15. The summed E-state index contributed by atoms with van der Waals surface area (Å²) in [6, 6.07) is 9.93. The molecule has 26 heavy (non-hydrogen) atoms. The van der Waals surface area contributed by atoms with E-state index in [2.05, 4.69) is 20.9 Å². The molecule has 1 aromatic carbocycles. The van der Waals surface area contributed by atoms with Crippen molar-refractivity contribution >= 4 is 22.8 Å². The van der Waals surface area contributed by atoms with Gasteiger partial charge in [0.25, 0.3) is 0 Å². The summed E-state index contributed by atoms with van der Waals surface area (Å²) in [5.41, 5.74) is 0.302. The van der Waals surface area contributed by atoms with E-state index in [1.54, 1.807) is 0 Å². The van der Waals surface area contributed by atoms with Gasteiger partial charge in [-0.2, -0.15) is 0 Å². The summed E-state index contributed by atoms with van der Waals surface area (Å²) in [5, 5.41) is 10.5. The van der Waals surface area contributed by atoms with Crippen LogP contribution in [0.4, 0.5) is 0 Å². The summed E-state index contributed by atoms with van der Waals surface area (Å²) in [7, 11) is 0. The Balaban J connectivity index is 2.09. The first kappa shape index (κ1) is 19.8. The minimum atomic E-state index is -0.568. The molecule has 0 spiro atoms. The molecule has 2 rings (SSSR count). The highest BCUT2D eigenvalue weighted by Crippen LogP contribution is 2.23. The number of benzene rings is 1. The Kier molecular flexibility index (Phi) is 6.66. The van der Waals surface area contributed by atoms with Gasteiger partial charge < -0.3 is 20.4 Å². The Morgan fingerprint density at radius 3 is 2.54 bits per heavy atom. The maximum Gasteiger partial charge on any atom is 0.227 e. The van der Waals surface area contributed by atoms with E-state index in [-0.39, 0.29) is 11.9 Å². The van der Waals surface area contributed by atoms with E-state index < -0.39 is 5.41 Å². The summed E-state index contributed by atoms with van der Waals surface area (Å²) in [6.45, 7) is 11.5. The molecule has 0 fully saturated rings. The monoisotopic (exact) mass is 358 g/mol. The minimum absolute atomic E-state index is 0.00457.